The van der Waals surface area contributed by atoms with Crippen LogP contribution in [0.5, 0.6) is 0 Å². The van der Waals surface area contributed by atoms with E-state index in [4.69, 9.17) is 5.73 Å². The van der Waals surface area contributed by atoms with Crippen molar-refractivity contribution >= 4 is 17.4 Å². The average Bonchev–Trinajstić information content (AvgIpc) is 3.12. The van der Waals surface area contributed by atoms with Crippen LogP contribution < -0.4 is 10.6 Å². The molecule has 2 aromatic heterocycles. The zero-order chi connectivity index (χ0) is 14.2. The zero-order valence-electron chi connectivity index (χ0n) is 11.6. The Morgan fingerprint density at radius 1 is 1.19 bits per heavy atom. The Morgan fingerprint density at radius 3 is 2.90 bits per heavy atom. The largest absolute Gasteiger partial charge is 0.366 e. The van der Waals surface area contributed by atoms with Crippen LogP contribution in [-0.4, -0.2) is 26.1 Å². The number of aromatic nitrogens is 4. The molecule has 0 radical (unpaired) electrons. The summed E-state index contributed by atoms with van der Waals surface area (Å²) < 4.78 is 1.69. The highest BCUT2D eigenvalue weighted by Gasteiger charge is 2.29. The van der Waals surface area contributed by atoms with E-state index in [-0.39, 0.29) is 5.95 Å². The highest BCUT2D eigenvalue weighted by Crippen LogP contribution is 2.36. The van der Waals surface area contributed by atoms with Crippen LogP contribution in [0.4, 0.5) is 11.8 Å². The van der Waals surface area contributed by atoms with E-state index >= 15 is 0 Å². The van der Waals surface area contributed by atoms with Crippen LogP contribution in [-0.2, 0) is 0 Å². The van der Waals surface area contributed by atoms with Crippen LogP contribution in [0.1, 0.15) is 24.4 Å². The van der Waals surface area contributed by atoms with Gasteiger partial charge in [-0.3, -0.25) is 0 Å². The SMILES string of the molecule is Nc1nc2c(N3CCC[C@H]3c3ccccc3)nccn2n1. The van der Waals surface area contributed by atoms with E-state index in [0.29, 0.717) is 6.04 Å². The molecule has 1 aromatic carbocycles. The minimum atomic E-state index is 0.278. The number of anilines is 2. The maximum atomic E-state index is 5.71. The molecule has 6 nitrogen and oxygen atoms in total. The lowest BCUT2D eigenvalue weighted by Gasteiger charge is -2.26. The molecule has 0 saturated carbocycles. The van der Waals surface area contributed by atoms with Gasteiger partial charge in [-0.25, -0.2) is 9.50 Å². The third kappa shape index (κ3) is 1.99. The number of benzene rings is 1. The highest BCUT2D eigenvalue weighted by molar-refractivity contribution is 5.66. The first-order chi connectivity index (χ1) is 10.3. The number of nitrogen functional groups attached to an aromatic ring is 1. The number of hydrogen-bond acceptors (Lipinski definition) is 5. The van der Waals surface area contributed by atoms with E-state index < -0.39 is 0 Å². The van der Waals surface area contributed by atoms with Gasteiger partial charge in [0.2, 0.25) is 5.95 Å². The van der Waals surface area contributed by atoms with Gasteiger partial charge in [0.05, 0.1) is 6.04 Å². The first-order valence-corrected chi connectivity index (χ1v) is 7.11. The third-order valence-electron chi connectivity index (χ3n) is 3.96. The smallest absolute Gasteiger partial charge is 0.240 e. The summed E-state index contributed by atoms with van der Waals surface area (Å²) in [6.07, 6.45) is 5.79. The van der Waals surface area contributed by atoms with Crippen LogP contribution in [0.25, 0.3) is 5.65 Å². The summed E-state index contributed by atoms with van der Waals surface area (Å²) in [5.74, 6) is 1.13. The Morgan fingerprint density at radius 2 is 2.05 bits per heavy atom. The van der Waals surface area contributed by atoms with Gasteiger partial charge < -0.3 is 10.6 Å². The van der Waals surface area contributed by atoms with Gasteiger partial charge in [-0.2, -0.15) is 4.98 Å². The van der Waals surface area contributed by atoms with E-state index in [1.807, 2.05) is 6.07 Å². The Labute approximate surface area is 122 Å². The molecule has 1 aliphatic rings. The molecule has 1 fully saturated rings. The van der Waals surface area contributed by atoms with E-state index in [0.717, 1.165) is 30.9 Å². The standard InChI is InChI=1S/C15H16N6/c16-15-18-14-13(17-8-10-21(14)19-15)20-9-4-7-12(20)11-5-2-1-3-6-11/h1-3,5-6,8,10,12H,4,7,9H2,(H2,16,19)/t12-/m0/s1. The monoisotopic (exact) mass is 280 g/mol. The second kappa shape index (κ2) is 4.73. The van der Waals surface area contributed by atoms with Crippen molar-refractivity contribution in [2.24, 2.45) is 0 Å². The van der Waals surface area contributed by atoms with Crippen molar-refractivity contribution in [1.82, 2.24) is 19.6 Å². The first-order valence-electron chi connectivity index (χ1n) is 7.11. The quantitative estimate of drug-likeness (QED) is 0.777. The van der Waals surface area contributed by atoms with Crippen LogP contribution >= 0.6 is 0 Å². The number of fused-ring (bicyclic) bond motifs is 1. The van der Waals surface area contributed by atoms with Crippen LogP contribution in [0.15, 0.2) is 42.7 Å². The Balaban J connectivity index is 1.80. The van der Waals surface area contributed by atoms with E-state index in [9.17, 15) is 0 Å². The number of nitrogens with zero attached hydrogens (tertiary/aromatic N) is 5. The molecule has 0 spiro atoms. The van der Waals surface area contributed by atoms with Crippen molar-refractivity contribution in [2.45, 2.75) is 18.9 Å². The molecule has 0 amide bonds. The topological polar surface area (TPSA) is 72.3 Å². The third-order valence-corrected chi connectivity index (χ3v) is 3.96. The molecule has 106 valence electrons. The van der Waals surface area contributed by atoms with E-state index in [1.54, 1.807) is 16.9 Å². The van der Waals surface area contributed by atoms with Gasteiger partial charge in [-0.15, -0.1) is 5.10 Å². The first kappa shape index (κ1) is 12.1. The molecule has 21 heavy (non-hydrogen) atoms. The van der Waals surface area contributed by atoms with Crippen LogP contribution in [0.2, 0.25) is 0 Å². The van der Waals surface area contributed by atoms with Crippen LogP contribution in [0.3, 0.4) is 0 Å². The summed E-state index contributed by atoms with van der Waals surface area (Å²) >= 11 is 0. The van der Waals surface area contributed by atoms with Gasteiger partial charge in [0.25, 0.3) is 0 Å². The predicted octanol–water partition coefficient (Wildman–Crippen LogP) is 2.05. The molecular formula is C15H16N6. The Bertz CT molecular complexity index is 766. The molecule has 0 bridgehead atoms. The molecule has 4 rings (SSSR count). The zero-order valence-corrected chi connectivity index (χ0v) is 11.6. The van der Waals surface area contributed by atoms with Crippen molar-refractivity contribution in [3.63, 3.8) is 0 Å². The normalized spacial score (nSPS) is 18.5. The fourth-order valence-electron chi connectivity index (χ4n) is 3.07. The second-order valence-corrected chi connectivity index (χ2v) is 5.25. The molecule has 1 atom stereocenters. The lowest BCUT2D eigenvalue weighted by Crippen LogP contribution is -2.24. The Hall–Kier alpha value is -2.63. The molecule has 1 aliphatic heterocycles. The minimum Gasteiger partial charge on any atom is -0.366 e. The van der Waals surface area contributed by atoms with Gasteiger partial charge in [0.1, 0.15) is 0 Å². The summed E-state index contributed by atoms with van der Waals surface area (Å²) in [6, 6.07) is 10.9. The van der Waals surface area contributed by atoms with Crippen molar-refractivity contribution in [3.05, 3.63) is 48.3 Å². The minimum absolute atomic E-state index is 0.278. The molecule has 6 heteroatoms. The van der Waals surface area contributed by atoms with Gasteiger partial charge >= 0.3 is 0 Å². The van der Waals surface area contributed by atoms with Gasteiger partial charge in [0, 0.05) is 18.9 Å². The second-order valence-electron chi connectivity index (χ2n) is 5.25. The summed E-state index contributed by atoms with van der Waals surface area (Å²) in [5, 5.41) is 4.16. The van der Waals surface area contributed by atoms with Gasteiger partial charge in [-0.1, -0.05) is 30.3 Å². The molecule has 3 aromatic rings. The number of rotatable bonds is 2. The fourth-order valence-corrected chi connectivity index (χ4v) is 3.07. The summed E-state index contributed by atoms with van der Waals surface area (Å²) in [6.45, 7) is 0.971. The lowest BCUT2D eigenvalue weighted by atomic mass is 10.0. The van der Waals surface area contributed by atoms with Crippen molar-refractivity contribution in [1.29, 1.82) is 0 Å². The molecule has 0 aliphatic carbocycles. The fraction of sp³-hybridized carbons (Fsp3) is 0.267. The van der Waals surface area contributed by atoms with E-state index in [2.05, 4.69) is 44.2 Å². The highest BCUT2D eigenvalue weighted by atomic mass is 15.4. The molecule has 2 N–H and O–H groups in total. The lowest BCUT2D eigenvalue weighted by molar-refractivity contribution is 0.710. The summed E-state index contributed by atoms with van der Waals surface area (Å²) in [4.78, 5) is 11.1. The van der Waals surface area contributed by atoms with Crippen molar-refractivity contribution < 1.29 is 0 Å². The predicted molar refractivity (Wildman–Crippen MR) is 81.0 cm³/mol. The Kier molecular flexibility index (Phi) is 2.73. The van der Waals surface area contributed by atoms with Crippen molar-refractivity contribution in [3.8, 4) is 0 Å². The summed E-state index contributed by atoms with van der Waals surface area (Å²) in [5.41, 5.74) is 7.75. The molecule has 0 unspecified atom stereocenters. The number of nitrogens with two attached hydrogens (primary N) is 1. The van der Waals surface area contributed by atoms with Crippen LogP contribution in [0, 0.1) is 0 Å². The average molecular weight is 280 g/mol. The molecule has 3 heterocycles. The van der Waals surface area contributed by atoms with Gasteiger partial charge in [0.15, 0.2) is 11.5 Å². The van der Waals surface area contributed by atoms with E-state index in [1.165, 1.54) is 5.56 Å². The summed E-state index contributed by atoms with van der Waals surface area (Å²) in [7, 11) is 0. The molecule has 1 saturated heterocycles. The van der Waals surface area contributed by atoms with Gasteiger partial charge in [-0.05, 0) is 18.4 Å². The molecular weight excluding hydrogens is 264 g/mol. The van der Waals surface area contributed by atoms with Crippen molar-refractivity contribution in [2.75, 3.05) is 17.2 Å². The number of hydrogen-bond donors (Lipinski definition) is 1. The maximum Gasteiger partial charge on any atom is 0.240 e. The maximum absolute atomic E-state index is 5.71.